The van der Waals surface area contributed by atoms with Crippen LogP contribution < -0.4 is 19.9 Å². The molecule has 2 amide bonds. The van der Waals surface area contributed by atoms with Crippen LogP contribution in [0.5, 0.6) is 5.75 Å². The molecule has 1 aromatic heterocycles. The second-order valence-electron chi connectivity index (χ2n) is 7.01. The molecule has 4 rings (SSSR count). The molecule has 0 atom stereocenters. The van der Waals surface area contributed by atoms with Crippen LogP contribution in [0.3, 0.4) is 0 Å². The smallest absolute Gasteiger partial charge is 0.405 e. The molecule has 0 spiro atoms. The van der Waals surface area contributed by atoms with Crippen LogP contribution in [0.1, 0.15) is 5.56 Å². The van der Waals surface area contributed by atoms with Crippen LogP contribution in [0.25, 0.3) is 0 Å². The van der Waals surface area contributed by atoms with Crippen molar-refractivity contribution in [3.8, 4) is 5.75 Å². The van der Waals surface area contributed by atoms with E-state index in [1.807, 2.05) is 0 Å². The molecule has 1 N–H and O–H groups in total. The number of nitrogens with one attached hydrogen (secondary N) is 1. The molecule has 33 heavy (non-hydrogen) atoms. The van der Waals surface area contributed by atoms with E-state index in [-0.39, 0.29) is 28.4 Å². The van der Waals surface area contributed by atoms with Crippen molar-refractivity contribution in [1.82, 2.24) is 9.97 Å². The zero-order valence-corrected chi connectivity index (χ0v) is 18.5. The Morgan fingerprint density at radius 2 is 1.79 bits per heavy atom. The molecule has 7 nitrogen and oxygen atoms in total. The fraction of sp³-hybridized carbons (Fsp3) is 0.190. The number of hydrogen-bond donors (Lipinski definition) is 1. The summed E-state index contributed by atoms with van der Waals surface area (Å²) in [5, 5.41) is 2.63. The van der Waals surface area contributed by atoms with E-state index in [0.29, 0.717) is 22.7 Å². The second kappa shape index (κ2) is 8.95. The Hall–Kier alpha value is -3.24. The van der Waals surface area contributed by atoms with Crippen molar-refractivity contribution in [2.45, 2.75) is 12.7 Å². The molecule has 0 saturated carbocycles. The zero-order chi connectivity index (χ0) is 23.8. The predicted octanol–water partition coefficient (Wildman–Crippen LogP) is 6.04. The number of ether oxygens (including phenoxy) is 1. The van der Waals surface area contributed by atoms with Crippen molar-refractivity contribution in [1.29, 1.82) is 0 Å². The molecule has 0 saturated heterocycles. The molecule has 2 heterocycles. The molecule has 2 aromatic carbocycles. The third-order valence-corrected chi connectivity index (χ3v) is 5.54. The first-order valence-corrected chi connectivity index (χ1v) is 10.3. The van der Waals surface area contributed by atoms with Gasteiger partial charge in [0.05, 0.1) is 29.4 Å². The lowest BCUT2D eigenvalue weighted by molar-refractivity contribution is -0.115. The largest absolute Gasteiger partial charge is 0.497 e. The molecule has 12 heteroatoms. The Labute approximate surface area is 196 Å². The maximum atomic E-state index is 13.6. The molecule has 1 aliphatic rings. The SMILES string of the molecule is COc1ccc(N2Cc3cnc(NCC(F)(F)F)nc3N(c3ccc(Cl)c(Cl)c3)C2=O)cc1. The van der Waals surface area contributed by atoms with Crippen LogP contribution in [0.2, 0.25) is 10.0 Å². The molecule has 0 radical (unpaired) electrons. The van der Waals surface area contributed by atoms with E-state index in [4.69, 9.17) is 27.9 Å². The van der Waals surface area contributed by atoms with Gasteiger partial charge < -0.3 is 10.1 Å². The topological polar surface area (TPSA) is 70.6 Å². The van der Waals surface area contributed by atoms with Gasteiger partial charge in [0.2, 0.25) is 5.95 Å². The average Bonchev–Trinajstić information content (AvgIpc) is 2.79. The monoisotopic (exact) mass is 497 g/mol. The van der Waals surface area contributed by atoms with E-state index < -0.39 is 18.8 Å². The zero-order valence-electron chi connectivity index (χ0n) is 17.0. The van der Waals surface area contributed by atoms with Crippen molar-refractivity contribution >= 4 is 52.4 Å². The third kappa shape index (κ3) is 4.91. The Kier molecular flexibility index (Phi) is 6.22. The summed E-state index contributed by atoms with van der Waals surface area (Å²) in [7, 11) is 1.53. The molecule has 1 aliphatic heterocycles. The minimum atomic E-state index is -4.45. The van der Waals surface area contributed by atoms with Crippen LogP contribution in [0.15, 0.2) is 48.7 Å². The van der Waals surface area contributed by atoms with Gasteiger partial charge in [-0.3, -0.25) is 4.90 Å². The minimum Gasteiger partial charge on any atom is -0.497 e. The number of alkyl halides is 3. The number of benzene rings is 2. The number of amides is 2. The normalized spacial score (nSPS) is 13.7. The maximum Gasteiger partial charge on any atom is 0.405 e. The van der Waals surface area contributed by atoms with Gasteiger partial charge in [-0.15, -0.1) is 0 Å². The number of rotatable bonds is 5. The number of aromatic nitrogens is 2. The van der Waals surface area contributed by atoms with Gasteiger partial charge in [0.25, 0.3) is 0 Å². The van der Waals surface area contributed by atoms with Crippen molar-refractivity contribution in [3.63, 3.8) is 0 Å². The van der Waals surface area contributed by atoms with Crippen molar-refractivity contribution in [3.05, 3.63) is 64.3 Å². The average molecular weight is 498 g/mol. The highest BCUT2D eigenvalue weighted by atomic mass is 35.5. The van der Waals surface area contributed by atoms with Gasteiger partial charge in [-0.25, -0.2) is 14.7 Å². The summed E-state index contributed by atoms with van der Waals surface area (Å²) in [5.74, 6) is 0.498. The van der Waals surface area contributed by atoms with E-state index in [1.54, 1.807) is 30.3 Å². The number of halogens is 5. The van der Waals surface area contributed by atoms with E-state index in [0.717, 1.165) is 0 Å². The van der Waals surface area contributed by atoms with Crippen LogP contribution in [0, 0.1) is 0 Å². The summed E-state index contributed by atoms with van der Waals surface area (Å²) in [6.45, 7) is -1.21. The van der Waals surface area contributed by atoms with Gasteiger partial charge in [-0.1, -0.05) is 23.2 Å². The number of fused-ring (bicyclic) bond motifs is 1. The highest BCUT2D eigenvalue weighted by Gasteiger charge is 2.35. The summed E-state index contributed by atoms with van der Waals surface area (Å²) in [6.07, 6.45) is -3.07. The number of carbonyl (C=O) groups is 1. The quantitative estimate of drug-likeness (QED) is 0.464. The Bertz CT molecular complexity index is 1190. The number of urea groups is 1. The number of methoxy groups -OCH3 is 1. The lowest BCUT2D eigenvalue weighted by atomic mass is 10.1. The third-order valence-electron chi connectivity index (χ3n) is 4.80. The number of nitrogens with zero attached hydrogens (tertiary/aromatic N) is 4. The summed E-state index contributed by atoms with van der Waals surface area (Å²) < 4.78 is 43.1. The number of hydrogen-bond acceptors (Lipinski definition) is 5. The summed E-state index contributed by atoms with van der Waals surface area (Å²) in [5.41, 5.74) is 1.44. The standard InChI is InChI=1S/C21H16Cl2F3N5O2/c1-33-15-5-2-13(3-6-15)30-10-12-9-27-19(28-11-21(24,25)26)29-18(12)31(20(30)32)14-4-7-16(22)17(23)8-14/h2-9H,10-11H2,1H3,(H,27,28,29). The molecule has 0 unspecified atom stereocenters. The molecular formula is C21H16Cl2F3N5O2. The summed E-state index contributed by atoms with van der Waals surface area (Å²) >= 11 is 12.2. The highest BCUT2D eigenvalue weighted by Crippen LogP contribution is 2.38. The minimum absolute atomic E-state index is 0.109. The second-order valence-corrected chi connectivity index (χ2v) is 7.83. The molecule has 0 aliphatic carbocycles. The fourth-order valence-corrected chi connectivity index (χ4v) is 3.53. The van der Waals surface area contributed by atoms with Gasteiger partial charge in [0.1, 0.15) is 12.3 Å². The molecule has 172 valence electrons. The van der Waals surface area contributed by atoms with Gasteiger partial charge in [-0.2, -0.15) is 18.2 Å². The highest BCUT2D eigenvalue weighted by molar-refractivity contribution is 6.42. The van der Waals surface area contributed by atoms with Gasteiger partial charge in [0.15, 0.2) is 5.82 Å². The maximum absolute atomic E-state index is 13.6. The predicted molar refractivity (Wildman–Crippen MR) is 120 cm³/mol. The molecule has 3 aromatic rings. The molecular weight excluding hydrogens is 482 g/mol. The first-order chi connectivity index (χ1) is 15.7. The first-order valence-electron chi connectivity index (χ1n) is 9.53. The van der Waals surface area contributed by atoms with Crippen molar-refractivity contribution in [2.24, 2.45) is 0 Å². The Morgan fingerprint density at radius 3 is 2.42 bits per heavy atom. The Balaban J connectivity index is 1.78. The lowest BCUT2D eigenvalue weighted by Crippen LogP contribution is -2.45. The van der Waals surface area contributed by atoms with Crippen LogP contribution in [0.4, 0.5) is 41.1 Å². The molecule has 0 fully saturated rings. The van der Waals surface area contributed by atoms with E-state index >= 15 is 0 Å². The summed E-state index contributed by atoms with van der Waals surface area (Å²) in [4.78, 5) is 24.5. The van der Waals surface area contributed by atoms with E-state index in [2.05, 4.69) is 15.3 Å². The van der Waals surface area contributed by atoms with Crippen LogP contribution in [-0.4, -0.2) is 35.8 Å². The number of anilines is 4. The fourth-order valence-electron chi connectivity index (χ4n) is 3.24. The lowest BCUT2D eigenvalue weighted by Gasteiger charge is -2.36. The van der Waals surface area contributed by atoms with Crippen LogP contribution in [-0.2, 0) is 6.54 Å². The van der Waals surface area contributed by atoms with Gasteiger partial charge in [-0.05, 0) is 42.5 Å². The van der Waals surface area contributed by atoms with E-state index in [1.165, 1.54) is 35.2 Å². The van der Waals surface area contributed by atoms with Gasteiger partial charge in [0, 0.05) is 17.4 Å². The van der Waals surface area contributed by atoms with Crippen molar-refractivity contribution in [2.75, 3.05) is 28.8 Å². The van der Waals surface area contributed by atoms with E-state index in [9.17, 15) is 18.0 Å². The number of carbonyl (C=O) groups excluding carboxylic acids is 1. The summed E-state index contributed by atoms with van der Waals surface area (Å²) in [6, 6.07) is 10.9. The first kappa shape index (κ1) is 22.9. The van der Waals surface area contributed by atoms with Crippen molar-refractivity contribution < 1.29 is 22.7 Å². The van der Waals surface area contributed by atoms with Crippen LogP contribution >= 0.6 is 23.2 Å². The molecule has 0 bridgehead atoms. The Morgan fingerprint density at radius 1 is 1.09 bits per heavy atom. The van der Waals surface area contributed by atoms with Gasteiger partial charge >= 0.3 is 12.2 Å².